The minimum atomic E-state index is -4.54. The summed E-state index contributed by atoms with van der Waals surface area (Å²) in [5, 5.41) is 9.61. The summed E-state index contributed by atoms with van der Waals surface area (Å²) in [6, 6.07) is 28.6. The lowest BCUT2D eigenvalue weighted by Crippen LogP contribution is -2.44. The number of rotatable bonds is 7. The van der Waals surface area contributed by atoms with Crippen LogP contribution in [0.3, 0.4) is 0 Å². The number of hydrogen-bond donors (Lipinski definition) is 2. The molecule has 0 aliphatic carbocycles. The maximum Gasteiger partial charge on any atom is 0.416 e. The number of alkyl halides is 3. The fourth-order valence-corrected chi connectivity index (χ4v) is 10.8. The standard InChI is InChI=1S/C22H19F3N4O2S.C22H22N4O3S/c23-22(24,25)15-5-7-16(8-6-15)32(30,31)29-12-9-18-20(29)17-3-1-2-4-19(17)27-21(18)28-13-10-26-11-14-28;1-29-16-5-4-6-17(15-16)30(27,28)26-12-9-19-21(26)18-7-2-3-8-20(18)24-22(19)25-13-10-23-11-14-25/h1-9,12,26H,10-11,13-14H2;2-9,12,15,23H,10-11,13-14H2,1H3. The lowest BCUT2D eigenvalue weighted by Gasteiger charge is -2.29. The maximum atomic E-state index is 13.6. The molecular formula is C44H41F3N8O5S2. The summed E-state index contributed by atoms with van der Waals surface area (Å²) < 4.78 is 101. The molecular weight excluding hydrogens is 842 g/mol. The number of piperazine rings is 2. The number of hydrogen-bond acceptors (Lipinski definition) is 11. The molecule has 13 nitrogen and oxygen atoms in total. The molecule has 0 atom stereocenters. The Labute approximate surface area is 355 Å². The van der Waals surface area contributed by atoms with Gasteiger partial charge in [0.2, 0.25) is 0 Å². The highest BCUT2D eigenvalue weighted by atomic mass is 32.2. The first-order valence-corrected chi connectivity index (χ1v) is 22.8. The van der Waals surface area contributed by atoms with Gasteiger partial charge in [0.15, 0.2) is 0 Å². The van der Waals surface area contributed by atoms with E-state index in [1.165, 1.54) is 17.3 Å². The molecule has 8 aromatic rings. The van der Waals surface area contributed by atoms with Crippen LogP contribution in [0.25, 0.3) is 43.6 Å². The predicted molar refractivity (Wildman–Crippen MR) is 234 cm³/mol. The summed E-state index contributed by atoms with van der Waals surface area (Å²) in [5.74, 6) is 2.02. The van der Waals surface area contributed by atoms with Gasteiger partial charge in [-0.1, -0.05) is 42.5 Å². The molecule has 10 rings (SSSR count). The van der Waals surface area contributed by atoms with Gasteiger partial charge in [0, 0.05) is 92.4 Å². The van der Waals surface area contributed by atoms with Crippen molar-refractivity contribution >= 4 is 75.3 Å². The van der Waals surface area contributed by atoms with Crippen LogP contribution in [0, 0.1) is 0 Å². The van der Waals surface area contributed by atoms with E-state index in [0.29, 0.717) is 38.9 Å². The SMILES string of the molecule is COc1cccc(S(=O)(=O)n2ccc3c(N4CCNCC4)nc4ccccc4c32)c1.O=S(=O)(c1ccc(C(F)(F)F)cc1)n1ccc2c(N3CCNCC3)nc3ccccc3c21. The summed E-state index contributed by atoms with van der Waals surface area (Å²) in [7, 11) is -6.42. The topological polar surface area (TPSA) is 144 Å². The van der Waals surface area contributed by atoms with Gasteiger partial charge in [0.25, 0.3) is 20.0 Å². The Kier molecular flexibility index (Phi) is 10.8. The number of methoxy groups -OCH3 is 1. The third-order valence-electron chi connectivity index (χ3n) is 11.1. The Hall–Kier alpha value is -6.21. The second-order valence-electron chi connectivity index (χ2n) is 14.8. The van der Waals surface area contributed by atoms with Crippen LogP contribution in [0.15, 0.2) is 131 Å². The number of benzene rings is 4. The van der Waals surface area contributed by atoms with E-state index in [2.05, 4.69) is 20.4 Å². The third kappa shape index (κ3) is 7.46. The molecule has 0 amide bonds. The van der Waals surface area contributed by atoms with E-state index >= 15 is 0 Å². The van der Waals surface area contributed by atoms with E-state index in [-0.39, 0.29) is 9.79 Å². The first-order chi connectivity index (χ1) is 29.9. The molecule has 6 heterocycles. The molecule has 62 heavy (non-hydrogen) atoms. The van der Waals surface area contributed by atoms with E-state index in [4.69, 9.17) is 14.7 Å². The highest BCUT2D eigenvalue weighted by Gasteiger charge is 2.32. The smallest absolute Gasteiger partial charge is 0.416 e. The van der Waals surface area contributed by atoms with Gasteiger partial charge in [-0.15, -0.1) is 0 Å². The van der Waals surface area contributed by atoms with Crippen LogP contribution >= 0.6 is 0 Å². The molecule has 2 fully saturated rings. The average molecular weight is 883 g/mol. The molecule has 4 aromatic carbocycles. The zero-order valence-electron chi connectivity index (χ0n) is 33.4. The summed E-state index contributed by atoms with van der Waals surface area (Å²) in [6.45, 7) is 6.45. The molecule has 0 bridgehead atoms. The highest BCUT2D eigenvalue weighted by Crippen LogP contribution is 2.37. The van der Waals surface area contributed by atoms with E-state index in [9.17, 15) is 30.0 Å². The minimum absolute atomic E-state index is 0.184. The average Bonchev–Trinajstić information content (AvgIpc) is 3.97. The largest absolute Gasteiger partial charge is 0.497 e. The van der Waals surface area contributed by atoms with Gasteiger partial charge in [0.05, 0.1) is 44.5 Å². The molecule has 18 heteroatoms. The Morgan fingerprint density at radius 2 is 1.03 bits per heavy atom. The van der Waals surface area contributed by atoms with Crippen molar-refractivity contribution in [3.8, 4) is 5.75 Å². The zero-order valence-corrected chi connectivity index (χ0v) is 35.0. The summed E-state index contributed by atoms with van der Waals surface area (Å²) in [4.78, 5) is 14.0. The molecule has 2 aliphatic rings. The Bertz CT molecular complexity index is 3180. The molecule has 0 radical (unpaired) electrons. The molecule has 320 valence electrons. The first-order valence-electron chi connectivity index (χ1n) is 19.9. The van der Waals surface area contributed by atoms with Crippen molar-refractivity contribution in [2.24, 2.45) is 0 Å². The summed E-state index contributed by atoms with van der Waals surface area (Å²) >= 11 is 0. The van der Waals surface area contributed by atoms with E-state index in [0.717, 1.165) is 103 Å². The van der Waals surface area contributed by atoms with Crippen LogP contribution < -0.4 is 25.2 Å². The predicted octanol–water partition coefficient (Wildman–Crippen LogP) is 6.70. The van der Waals surface area contributed by atoms with Gasteiger partial charge in [-0.05, 0) is 60.7 Å². The lowest BCUT2D eigenvalue weighted by atomic mass is 10.1. The van der Waals surface area contributed by atoms with Crippen molar-refractivity contribution in [3.05, 3.63) is 127 Å². The fourth-order valence-electron chi connectivity index (χ4n) is 8.05. The Balaban J connectivity index is 0.000000158. The molecule has 2 saturated heterocycles. The van der Waals surface area contributed by atoms with E-state index in [1.807, 2.05) is 42.5 Å². The number of halogens is 3. The number of aromatic nitrogens is 4. The van der Waals surface area contributed by atoms with Crippen molar-refractivity contribution in [3.63, 3.8) is 0 Å². The van der Waals surface area contributed by atoms with Gasteiger partial charge >= 0.3 is 6.18 Å². The van der Waals surface area contributed by atoms with Crippen LogP contribution in [0.5, 0.6) is 5.75 Å². The van der Waals surface area contributed by atoms with E-state index < -0.39 is 31.8 Å². The van der Waals surface area contributed by atoms with Crippen molar-refractivity contribution < 1.29 is 34.7 Å². The normalized spacial score (nSPS) is 15.3. The van der Waals surface area contributed by atoms with Crippen LogP contribution in [0.1, 0.15) is 5.56 Å². The molecule has 4 aromatic heterocycles. The molecule has 0 unspecified atom stereocenters. The number of fused-ring (bicyclic) bond motifs is 6. The summed E-state index contributed by atoms with van der Waals surface area (Å²) in [5.41, 5.74) is 1.64. The quantitative estimate of drug-likeness (QED) is 0.177. The maximum absolute atomic E-state index is 13.6. The van der Waals surface area contributed by atoms with Crippen molar-refractivity contribution in [1.29, 1.82) is 0 Å². The summed E-state index contributed by atoms with van der Waals surface area (Å²) in [6.07, 6.45) is -1.47. The second kappa shape index (κ2) is 16.2. The number of nitrogens with zero attached hydrogens (tertiary/aromatic N) is 6. The monoisotopic (exact) mass is 882 g/mol. The zero-order chi connectivity index (χ0) is 43.2. The second-order valence-corrected chi connectivity index (χ2v) is 18.5. The number of nitrogens with one attached hydrogen (secondary N) is 2. The van der Waals surface area contributed by atoms with Gasteiger partial charge in [0.1, 0.15) is 17.4 Å². The Morgan fingerprint density at radius 3 is 1.50 bits per heavy atom. The first kappa shape index (κ1) is 41.2. The number of ether oxygens (including phenoxy) is 1. The van der Waals surface area contributed by atoms with Crippen LogP contribution in [0.4, 0.5) is 24.8 Å². The van der Waals surface area contributed by atoms with Gasteiger partial charge in [-0.25, -0.2) is 34.7 Å². The Morgan fingerprint density at radius 1 is 0.565 bits per heavy atom. The van der Waals surface area contributed by atoms with Gasteiger partial charge in [-0.2, -0.15) is 13.2 Å². The van der Waals surface area contributed by atoms with Crippen LogP contribution in [-0.4, -0.2) is 94.2 Å². The van der Waals surface area contributed by atoms with Crippen molar-refractivity contribution in [2.45, 2.75) is 16.0 Å². The molecule has 0 saturated carbocycles. The highest BCUT2D eigenvalue weighted by molar-refractivity contribution is 7.90. The number of anilines is 2. The van der Waals surface area contributed by atoms with Crippen LogP contribution in [0.2, 0.25) is 0 Å². The van der Waals surface area contributed by atoms with Gasteiger partial charge in [-0.3, -0.25) is 0 Å². The lowest BCUT2D eigenvalue weighted by molar-refractivity contribution is -0.137. The van der Waals surface area contributed by atoms with E-state index in [1.54, 1.807) is 48.7 Å². The molecule has 2 N–H and O–H groups in total. The fraction of sp³-hybridized carbons (Fsp3) is 0.227. The molecule has 2 aliphatic heterocycles. The third-order valence-corrected chi connectivity index (χ3v) is 14.5. The minimum Gasteiger partial charge on any atom is -0.497 e. The molecule has 0 spiro atoms. The van der Waals surface area contributed by atoms with Crippen molar-refractivity contribution in [2.75, 3.05) is 69.3 Å². The number of pyridine rings is 2. The van der Waals surface area contributed by atoms with Gasteiger partial charge < -0.3 is 25.2 Å². The van der Waals surface area contributed by atoms with Crippen LogP contribution in [-0.2, 0) is 26.2 Å². The number of para-hydroxylation sites is 2. The van der Waals surface area contributed by atoms with Crippen molar-refractivity contribution in [1.82, 2.24) is 28.5 Å².